The van der Waals surface area contributed by atoms with Gasteiger partial charge in [-0.1, -0.05) is 96.4 Å². The SMILES string of the molecule is CCC(C)[C@@H]([C@@H](CC(=O)N1CCC[C@H]1[C@H](OC)[C@@H](C)C(=O)NC(Cc1ccccc1)C(=O)OC)OC)N(C)C(=O)[C@@H](NC(=O)[C@H](C(C)C)N(C)C(=O)OCc1ccc(O[C@H]2C[C@@H](OC(C)=O)[C@@H](OC(C)=O)[C@@H](COC(C)=O)O2)c2cc(CN=[N+]=[N-])sc12)C(C)C. The number of ether oxygens (including phenoxy) is 9. The predicted molar refractivity (Wildman–Crippen MR) is 330 cm³/mol. The molecular formula is C63H90N8O18S. The zero-order valence-corrected chi connectivity index (χ0v) is 55.1. The van der Waals surface area contributed by atoms with Crippen molar-refractivity contribution in [2.24, 2.45) is 28.8 Å². The Kier molecular flexibility index (Phi) is 28.1. The van der Waals surface area contributed by atoms with Gasteiger partial charge in [0.15, 0.2) is 6.10 Å². The number of likely N-dealkylation sites (N-methyl/N-ethyl adjacent to an activating group) is 2. The van der Waals surface area contributed by atoms with Crippen molar-refractivity contribution in [1.29, 1.82) is 0 Å². The molecule has 0 radical (unpaired) electrons. The van der Waals surface area contributed by atoms with Crippen LogP contribution in [0.25, 0.3) is 20.5 Å². The number of esters is 4. The molecular weight excluding hydrogens is 1190 g/mol. The molecule has 5 rings (SSSR count). The van der Waals surface area contributed by atoms with Crippen molar-refractivity contribution in [2.75, 3.05) is 48.6 Å². The highest BCUT2D eigenvalue weighted by Crippen LogP contribution is 2.39. The topological polar surface area (TPSA) is 319 Å². The maximum atomic E-state index is 14.9. The molecule has 0 aliphatic carbocycles. The van der Waals surface area contributed by atoms with E-state index in [2.05, 4.69) is 20.7 Å². The van der Waals surface area contributed by atoms with E-state index in [-0.39, 0.29) is 56.6 Å². The number of nitrogens with one attached hydrogen (secondary N) is 2. The zero-order valence-electron chi connectivity index (χ0n) is 54.3. The quantitative estimate of drug-likeness (QED) is 0.0212. The van der Waals surface area contributed by atoms with Crippen LogP contribution in [0.5, 0.6) is 5.75 Å². The van der Waals surface area contributed by atoms with E-state index in [0.717, 1.165) is 5.56 Å². The van der Waals surface area contributed by atoms with Crippen LogP contribution in [0.3, 0.4) is 0 Å². The molecule has 2 fully saturated rings. The molecule has 5 amide bonds. The van der Waals surface area contributed by atoms with Crippen LogP contribution in [0.4, 0.5) is 4.79 Å². The van der Waals surface area contributed by atoms with Crippen molar-refractivity contribution < 1.29 is 85.8 Å². The summed E-state index contributed by atoms with van der Waals surface area (Å²) in [4.78, 5) is 129. The first-order valence-corrected chi connectivity index (χ1v) is 31.1. The van der Waals surface area contributed by atoms with Gasteiger partial charge in [0.05, 0.1) is 56.7 Å². The Morgan fingerprint density at radius 3 is 2.12 bits per heavy atom. The second kappa shape index (κ2) is 34.6. The van der Waals surface area contributed by atoms with Crippen molar-refractivity contribution in [1.82, 2.24) is 25.3 Å². The normalized spacial score (nSPS) is 20.0. The molecule has 27 heteroatoms. The van der Waals surface area contributed by atoms with Crippen LogP contribution in [0.15, 0.2) is 53.6 Å². The van der Waals surface area contributed by atoms with E-state index in [0.29, 0.717) is 46.3 Å². The molecule has 0 bridgehead atoms. The fraction of sp³-hybridized carbons (Fsp3) is 0.635. The molecule has 496 valence electrons. The van der Waals surface area contributed by atoms with Crippen LogP contribution < -0.4 is 15.4 Å². The summed E-state index contributed by atoms with van der Waals surface area (Å²) in [5.41, 5.74) is 10.5. The van der Waals surface area contributed by atoms with E-state index in [1.54, 1.807) is 64.8 Å². The molecule has 2 aliphatic rings. The smallest absolute Gasteiger partial charge is 0.410 e. The third-order valence-corrected chi connectivity index (χ3v) is 17.6. The summed E-state index contributed by atoms with van der Waals surface area (Å²) in [5.74, 6) is -5.98. The largest absolute Gasteiger partial charge is 0.467 e. The molecule has 2 aliphatic heterocycles. The summed E-state index contributed by atoms with van der Waals surface area (Å²) >= 11 is 1.25. The summed E-state index contributed by atoms with van der Waals surface area (Å²) in [6, 6.07) is 9.92. The van der Waals surface area contributed by atoms with Crippen molar-refractivity contribution in [3.63, 3.8) is 0 Å². The molecule has 0 saturated carbocycles. The fourth-order valence-corrected chi connectivity index (χ4v) is 12.9. The van der Waals surface area contributed by atoms with Crippen LogP contribution >= 0.6 is 11.3 Å². The van der Waals surface area contributed by atoms with Crippen LogP contribution in [-0.2, 0) is 95.8 Å². The summed E-state index contributed by atoms with van der Waals surface area (Å²) in [7, 11) is 7.28. The van der Waals surface area contributed by atoms with Gasteiger partial charge in [-0.25, -0.2) is 9.59 Å². The highest BCUT2D eigenvalue weighted by molar-refractivity contribution is 7.19. The molecule has 13 atom stereocenters. The first kappa shape index (κ1) is 73.2. The van der Waals surface area contributed by atoms with E-state index >= 15 is 0 Å². The molecule has 0 spiro atoms. The average molecular weight is 1280 g/mol. The Hall–Kier alpha value is -7.58. The first-order valence-electron chi connectivity index (χ1n) is 30.3. The number of azide groups is 1. The van der Waals surface area contributed by atoms with E-state index in [4.69, 9.17) is 48.2 Å². The number of benzene rings is 2. The molecule has 26 nitrogen and oxygen atoms in total. The fourth-order valence-electron chi connectivity index (χ4n) is 11.8. The number of nitrogens with zero attached hydrogens (tertiary/aromatic N) is 6. The van der Waals surface area contributed by atoms with Crippen LogP contribution in [0.1, 0.15) is 117 Å². The van der Waals surface area contributed by atoms with Gasteiger partial charge in [-0.3, -0.25) is 38.5 Å². The van der Waals surface area contributed by atoms with E-state index in [1.807, 2.05) is 44.2 Å². The number of carbonyl (C=O) groups is 9. The van der Waals surface area contributed by atoms with Gasteiger partial charge in [0.1, 0.15) is 49.3 Å². The summed E-state index contributed by atoms with van der Waals surface area (Å²) in [5, 5.41) is 10.0. The molecule has 2 saturated heterocycles. The van der Waals surface area contributed by atoms with Gasteiger partial charge in [-0.2, -0.15) is 0 Å². The van der Waals surface area contributed by atoms with Crippen molar-refractivity contribution in [3.05, 3.63) is 75.0 Å². The average Bonchev–Trinajstić information content (AvgIpc) is 1.58. The Morgan fingerprint density at radius 1 is 0.844 bits per heavy atom. The molecule has 2 N–H and O–H groups in total. The Labute approximate surface area is 530 Å². The van der Waals surface area contributed by atoms with E-state index in [1.165, 1.54) is 70.3 Å². The minimum atomic E-state index is -1.14. The van der Waals surface area contributed by atoms with Gasteiger partial charge in [-0.05, 0) is 53.8 Å². The lowest BCUT2D eigenvalue weighted by atomic mass is 9.89. The predicted octanol–water partition coefficient (Wildman–Crippen LogP) is 7.19. The van der Waals surface area contributed by atoms with Crippen LogP contribution in [0.2, 0.25) is 0 Å². The molecule has 1 aromatic heterocycles. The number of hydrogen-bond donors (Lipinski definition) is 2. The van der Waals surface area contributed by atoms with Gasteiger partial charge >= 0.3 is 30.0 Å². The number of methoxy groups -OCH3 is 3. The number of amides is 5. The van der Waals surface area contributed by atoms with Crippen molar-refractivity contribution in [3.8, 4) is 5.75 Å². The molecule has 90 heavy (non-hydrogen) atoms. The number of carbonyl (C=O) groups excluding carboxylic acids is 9. The maximum absolute atomic E-state index is 14.9. The van der Waals surface area contributed by atoms with Crippen molar-refractivity contribution >= 4 is 75.0 Å². The first-order chi connectivity index (χ1) is 42.7. The number of likely N-dealkylation sites (tertiary alicyclic amines) is 1. The number of thiophene rings is 1. The number of fused-ring (bicyclic) bond motifs is 1. The Bertz CT molecular complexity index is 3010. The van der Waals surface area contributed by atoms with Gasteiger partial charge in [0.2, 0.25) is 29.9 Å². The van der Waals surface area contributed by atoms with Crippen LogP contribution in [0, 0.1) is 23.7 Å². The molecule has 2 unspecified atom stereocenters. The number of hydrogen-bond acceptors (Lipinski definition) is 20. The summed E-state index contributed by atoms with van der Waals surface area (Å²) < 4.78 is 52.4. The third kappa shape index (κ3) is 19.5. The van der Waals surface area contributed by atoms with Crippen LogP contribution in [-0.4, -0.2) is 184 Å². The highest BCUT2D eigenvalue weighted by Gasteiger charge is 2.47. The molecule has 2 aromatic carbocycles. The second-order valence-electron chi connectivity index (χ2n) is 23.5. The highest BCUT2D eigenvalue weighted by atomic mass is 32.1. The minimum absolute atomic E-state index is 0.0236. The van der Waals surface area contributed by atoms with Gasteiger partial charge in [0.25, 0.3) is 0 Å². The summed E-state index contributed by atoms with van der Waals surface area (Å²) in [6.07, 6.45) is -5.03. The molecule has 3 heterocycles. The minimum Gasteiger partial charge on any atom is -0.467 e. The van der Waals surface area contributed by atoms with Crippen molar-refractivity contribution in [2.45, 2.75) is 188 Å². The lowest BCUT2D eigenvalue weighted by Crippen LogP contribution is -2.60. The Morgan fingerprint density at radius 2 is 1.53 bits per heavy atom. The third-order valence-electron chi connectivity index (χ3n) is 16.4. The van der Waals surface area contributed by atoms with Gasteiger partial charge in [0, 0.05) is 87.5 Å². The zero-order chi connectivity index (χ0) is 66.7. The lowest BCUT2D eigenvalue weighted by molar-refractivity contribution is -0.245. The molecule has 3 aromatic rings. The maximum Gasteiger partial charge on any atom is 0.410 e. The standard InChI is InChI=1S/C63H90N8O18S/c1-16-36(6)55(48(81-13)29-51(75)71-26-20-23-46(71)56(82-14)37(7)59(76)66-45(62(79)83-15)27-41-21-18-17-19-22-41)69(11)61(78)53(34(2)3)67-60(77)54(35(4)5)70(12)63(80)85-32-42-24-25-47(44-28-43(31-65-68-64)90-58(42)44)88-52-30-49(86-39(9)73)57(87-40(10)74)50(89-52)33-84-38(8)72/h17-19,21-22,24-25,28,34-37,45-46,48-50,52-57H,16,20,23,26-27,29-33H2,1-15H3,(H,66,76)(H,67,77)/t36?,37-,45?,46+,48-,49-,50-,52-,53+,54+,55+,56-,57-/m1/s1. The van der Waals surface area contributed by atoms with Gasteiger partial charge in [-0.15, -0.1) is 11.3 Å². The second-order valence-corrected chi connectivity index (χ2v) is 24.6. The Balaban J connectivity index is 1.30. The summed E-state index contributed by atoms with van der Waals surface area (Å²) in [6.45, 7) is 16.0. The van der Waals surface area contributed by atoms with E-state index in [9.17, 15) is 43.2 Å². The lowest BCUT2D eigenvalue weighted by Gasteiger charge is -2.41. The van der Waals surface area contributed by atoms with E-state index < -0.39 is 132 Å². The monoisotopic (exact) mass is 1280 g/mol. The van der Waals surface area contributed by atoms with Gasteiger partial charge < -0.3 is 63.1 Å². The number of rotatable bonds is 31.